The van der Waals surface area contributed by atoms with Gasteiger partial charge in [0.2, 0.25) is 23.7 Å². The number of likely N-dealkylation sites (tertiary alicyclic amines) is 1. The number of primary amides is 2. The van der Waals surface area contributed by atoms with Crippen LogP contribution in [0.5, 0.6) is 11.5 Å². The van der Waals surface area contributed by atoms with E-state index in [2.05, 4.69) is 40.5 Å². The second kappa shape index (κ2) is 22.7. The quantitative estimate of drug-likeness (QED) is 0.0674. The van der Waals surface area contributed by atoms with E-state index in [4.69, 9.17) is 35.6 Å². The van der Waals surface area contributed by atoms with Crippen LogP contribution >= 0.6 is 0 Å². The van der Waals surface area contributed by atoms with E-state index in [0.717, 1.165) is 44.1 Å². The number of nitrogens with two attached hydrogens (primary N) is 2. The maximum absolute atomic E-state index is 14.0. The molecule has 0 atom stereocenters. The van der Waals surface area contributed by atoms with E-state index >= 15 is 0 Å². The maximum Gasteiger partial charge on any atom is 0.410 e. The highest BCUT2D eigenvalue weighted by atomic mass is 16.6. The average molecular weight is 1070 g/mol. The number of anilines is 2. The summed E-state index contributed by atoms with van der Waals surface area (Å²) in [4.78, 5) is 79.5. The zero-order valence-electron chi connectivity index (χ0n) is 45.6. The van der Waals surface area contributed by atoms with E-state index in [1.807, 2.05) is 57.6 Å². The molecule has 5 amide bonds. The van der Waals surface area contributed by atoms with E-state index in [1.54, 1.807) is 50.7 Å². The largest absolute Gasteiger partial charge is 0.494 e. The molecule has 9 rings (SSSR count). The summed E-state index contributed by atoms with van der Waals surface area (Å²) in [6.07, 6.45) is 3.15. The van der Waals surface area contributed by atoms with Crippen molar-refractivity contribution in [3.05, 3.63) is 81.9 Å². The second-order valence-electron chi connectivity index (χ2n) is 20.7. The number of piperidine rings is 1. The fourth-order valence-electron chi connectivity index (χ4n) is 10.3. The van der Waals surface area contributed by atoms with Crippen LogP contribution in [0.15, 0.2) is 36.4 Å². The van der Waals surface area contributed by atoms with Crippen molar-refractivity contribution in [1.82, 2.24) is 63.2 Å². The number of methoxy groups -OCH3 is 1. The summed E-state index contributed by atoms with van der Waals surface area (Å²) < 4.78 is 27.0. The lowest BCUT2D eigenvalue weighted by Gasteiger charge is -2.33. The molecular formula is C53H69N17O8. The van der Waals surface area contributed by atoms with Crippen molar-refractivity contribution in [1.29, 1.82) is 0 Å². The highest BCUT2D eigenvalue weighted by Crippen LogP contribution is 2.35. The van der Waals surface area contributed by atoms with Gasteiger partial charge in [0.25, 0.3) is 11.8 Å². The van der Waals surface area contributed by atoms with Gasteiger partial charge >= 0.3 is 6.09 Å². The first-order chi connectivity index (χ1) is 37.3. The first kappa shape index (κ1) is 54.4. The van der Waals surface area contributed by atoms with Crippen molar-refractivity contribution >= 4 is 63.7 Å². The molecule has 2 aliphatic heterocycles. The highest BCUT2D eigenvalue weighted by molar-refractivity contribution is 6.05. The van der Waals surface area contributed by atoms with Crippen LogP contribution in [0.2, 0.25) is 0 Å². The molecule has 0 aliphatic carbocycles. The molecule has 78 heavy (non-hydrogen) atoms. The van der Waals surface area contributed by atoms with Crippen LogP contribution in [0.25, 0.3) is 22.1 Å². The van der Waals surface area contributed by atoms with Gasteiger partial charge in [0, 0.05) is 62.9 Å². The Balaban J connectivity index is 0.927. The predicted octanol–water partition coefficient (Wildman–Crippen LogP) is 5.62. The van der Waals surface area contributed by atoms with Gasteiger partial charge in [-0.05, 0) is 130 Å². The van der Waals surface area contributed by atoms with Gasteiger partial charge in [0.1, 0.15) is 45.3 Å². The van der Waals surface area contributed by atoms with Crippen LogP contribution in [0.1, 0.15) is 137 Å². The van der Waals surface area contributed by atoms with Crippen LogP contribution in [0.4, 0.5) is 16.7 Å². The zero-order chi connectivity index (χ0) is 55.6. The number of benzene rings is 2. The molecule has 0 saturated carbocycles. The molecule has 25 nitrogen and oxygen atoms in total. The van der Waals surface area contributed by atoms with Crippen LogP contribution in [0.3, 0.4) is 0 Å². The molecule has 414 valence electrons. The molecule has 2 aromatic carbocycles. The average Bonchev–Trinajstić information content (AvgIpc) is 4.37. The number of carbonyl (C=O) groups is 5. The third-order valence-electron chi connectivity index (χ3n) is 14.0. The van der Waals surface area contributed by atoms with E-state index in [1.165, 1.54) is 7.11 Å². The molecular weight excluding hydrogens is 1000 g/mol. The number of rotatable bonds is 20. The number of amides is 5. The monoisotopic (exact) mass is 1070 g/mol. The van der Waals surface area contributed by atoms with E-state index < -0.39 is 29.2 Å². The van der Waals surface area contributed by atoms with Crippen molar-refractivity contribution in [2.24, 2.45) is 11.5 Å². The van der Waals surface area contributed by atoms with Gasteiger partial charge in [-0.15, -0.1) is 10.2 Å². The number of aryl methyl sites for hydroxylation is 6. The molecule has 0 spiro atoms. The van der Waals surface area contributed by atoms with Gasteiger partial charge in [0.15, 0.2) is 5.82 Å². The third-order valence-corrected chi connectivity index (χ3v) is 14.0. The normalized spacial score (nSPS) is 14.2. The summed E-state index contributed by atoms with van der Waals surface area (Å²) >= 11 is 0. The number of nitrogens with zero attached hydrogens (tertiary/aromatic N) is 13. The smallest absolute Gasteiger partial charge is 0.410 e. The lowest BCUT2D eigenvalue weighted by Crippen LogP contribution is -2.42. The summed E-state index contributed by atoms with van der Waals surface area (Å²) in [5.74, 6) is 0.980. The highest BCUT2D eigenvalue weighted by Gasteiger charge is 2.32. The summed E-state index contributed by atoms with van der Waals surface area (Å²) in [6.45, 7) is 18.9. The summed E-state index contributed by atoms with van der Waals surface area (Å²) in [5, 5.41) is 24.0. The van der Waals surface area contributed by atoms with Crippen molar-refractivity contribution in [2.45, 2.75) is 131 Å². The molecule has 5 aromatic heterocycles. The number of ether oxygens (including phenoxy) is 3. The molecule has 7 aromatic rings. The fraction of sp³-hybridized carbons (Fsp3) is 0.491. The number of fused-ring (bicyclic) bond motifs is 3. The van der Waals surface area contributed by atoms with E-state index in [0.29, 0.717) is 128 Å². The zero-order valence-corrected chi connectivity index (χ0v) is 45.6. The number of hydrogen-bond donors (Lipinski definition) is 4. The van der Waals surface area contributed by atoms with Crippen molar-refractivity contribution in [3.63, 3.8) is 0 Å². The molecule has 1 saturated heterocycles. The lowest BCUT2D eigenvalue weighted by atomic mass is 9.95. The Labute approximate surface area is 450 Å². The number of nitrogens with one attached hydrogen (secondary N) is 2. The van der Waals surface area contributed by atoms with Crippen LogP contribution < -0.4 is 31.6 Å². The van der Waals surface area contributed by atoms with Crippen LogP contribution in [-0.4, -0.2) is 138 Å². The summed E-state index contributed by atoms with van der Waals surface area (Å²) in [5.41, 5.74) is 15.4. The molecule has 6 N–H and O–H groups in total. The standard InChI is InChI=1S/C53H69N17O8/c1-9-69-38(24-31(3)62-69)48(73)58-50-56-36-26-34(45(54)71)28-40(76-8)43(36)67(50)17-11-12-18-68-44-37(57-51(68)59-49(74)39-25-32(4)63-70(39)10-2)27-35(46(55)72)29-41(44)77-23-13-16-64-19-14-33(15-20-64)47-61-60-42-30-65(21-22-66(42)47)52(75)78-53(5,6)7/h24-29,33H,9-23,30H2,1-8H3,(H2,54,71)(H2,55,72)(H,56,58,73)(H,57,59,74). The molecule has 0 bridgehead atoms. The van der Waals surface area contributed by atoms with Gasteiger partial charge < -0.3 is 44.3 Å². The number of carbonyl (C=O) groups excluding carboxylic acids is 5. The third kappa shape index (κ3) is 11.6. The Bertz CT molecular complexity index is 3400. The van der Waals surface area contributed by atoms with Crippen molar-refractivity contribution in [3.8, 4) is 11.5 Å². The number of unbranched alkanes of at least 4 members (excludes halogenated alkanes) is 1. The minimum absolute atomic E-state index is 0.192. The summed E-state index contributed by atoms with van der Waals surface area (Å²) in [7, 11) is 1.48. The first-order valence-electron chi connectivity index (χ1n) is 26.5. The van der Waals surface area contributed by atoms with Gasteiger partial charge in [-0.3, -0.25) is 44.1 Å². The molecule has 0 radical (unpaired) electrons. The number of aromatic nitrogens is 11. The predicted molar refractivity (Wildman–Crippen MR) is 289 cm³/mol. The SMILES string of the molecule is CCn1nc(C)cc1C(=O)Nc1nc2cc(C(N)=O)cc(OC)c2n1CCCCn1c(NC(=O)c2cc(C)nn2CC)nc2cc(C(N)=O)cc(OCCCN3CCC(c4nnc5n4CCN(C(=O)OC(C)(C)C)C5)CC3)c21. The summed E-state index contributed by atoms with van der Waals surface area (Å²) in [6, 6.07) is 9.73. The van der Waals surface area contributed by atoms with Gasteiger partial charge in [-0.1, -0.05) is 0 Å². The van der Waals surface area contributed by atoms with Gasteiger partial charge in [-0.25, -0.2) is 14.8 Å². The molecule has 0 unspecified atom stereocenters. The Hall–Kier alpha value is -8.35. The van der Waals surface area contributed by atoms with Gasteiger partial charge in [-0.2, -0.15) is 10.2 Å². The Morgan fingerprint density at radius 2 is 1.23 bits per heavy atom. The van der Waals surface area contributed by atoms with E-state index in [-0.39, 0.29) is 35.0 Å². The molecule has 1 fully saturated rings. The number of hydrogen-bond acceptors (Lipinski definition) is 15. The first-order valence-corrected chi connectivity index (χ1v) is 26.5. The Morgan fingerprint density at radius 1 is 0.692 bits per heavy atom. The number of imidazole rings is 2. The van der Waals surface area contributed by atoms with Crippen LogP contribution in [0, 0.1) is 13.8 Å². The Morgan fingerprint density at radius 3 is 1.74 bits per heavy atom. The minimum Gasteiger partial charge on any atom is -0.494 e. The molecule has 25 heteroatoms. The van der Waals surface area contributed by atoms with Gasteiger partial charge in [0.05, 0.1) is 42.7 Å². The Kier molecular flexibility index (Phi) is 15.8. The lowest BCUT2D eigenvalue weighted by molar-refractivity contribution is 0.0193. The topological polar surface area (TPSA) is 298 Å². The molecule has 2 aliphatic rings. The fourth-order valence-corrected chi connectivity index (χ4v) is 10.3. The second-order valence-corrected chi connectivity index (χ2v) is 20.7. The van der Waals surface area contributed by atoms with Crippen molar-refractivity contribution < 1.29 is 38.2 Å². The van der Waals surface area contributed by atoms with Crippen molar-refractivity contribution in [2.75, 3.05) is 50.5 Å². The molecule has 7 heterocycles. The van der Waals surface area contributed by atoms with E-state index in [9.17, 15) is 24.0 Å². The van der Waals surface area contributed by atoms with Crippen LogP contribution in [-0.2, 0) is 44.0 Å². The maximum atomic E-state index is 14.0. The minimum atomic E-state index is -0.662.